The summed E-state index contributed by atoms with van der Waals surface area (Å²) in [6.07, 6.45) is 6.21. The lowest BCUT2D eigenvalue weighted by molar-refractivity contribution is 0.0734. The van der Waals surface area contributed by atoms with E-state index in [2.05, 4.69) is 5.92 Å². The van der Waals surface area contributed by atoms with Gasteiger partial charge in [-0.25, -0.2) is 4.79 Å². The second-order valence-electron chi connectivity index (χ2n) is 4.43. The predicted molar refractivity (Wildman–Crippen MR) is 81.6 cm³/mol. The molecule has 2 aromatic rings. The fourth-order valence-electron chi connectivity index (χ4n) is 1.69. The molecule has 0 unspecified atom stereocenters. The maximum absolute atomic E-state index is 12.0. The minimum atomic E-state index is -0.412. The van der Waals surface area contributed by atoms with E-state index in [0.717, 1.165) is 17.7 Å². The van der Waals surface area contributed by atoms with E-state index in [1.807, 2.05) is 6.92 Å². The first-order valence-electron chi connectivity index (χ1n) is 6.74. The molecule has 0 heterocycles. The summed E-state index contributed by atoms with van der Waals surface area (Å²) >= 11 is 0. The topological polar surface area (TPSA) is 35.5 Å². The van der Waals surface area contributed by atoms with Crippen LogP contribution in [0.15, 0.2) is 48.5 Å². The summed E-state index contributed by atoms with van der Waals surface area (Å²) in [7, 11) is 0. The van der Waals surface area contributed by atoms with Crippen molar-refractivity contribution < 1.29 is 14.3 Å². The van der Waals surface area contributed by atoms with Crippen LogP contribution in [-0.2, 0) is 0 Å². The lowest BCUT2D eigenvalue weighted by Gasteiger charge is -2.06. The number of hydrogen-bond donors (Lipinski definition) is 0. The standard InChI is InChI=1S/C18H16O3/c1-3-13-20-16-11-7-15(8-12-16)18(19)21-17-9-5-14(4-2)6-10-17/h2,5-12H,3,13H2,1H3. The van der Waals surface area contributed by atoms with Gasteiger partial charge in [-0.3, -0.25) is 0 Å². The molecule has 106 valence electrons. The molecular weight excluding hydrogens is 264 g/mol. The number of terminal acetylenes is 1. The van der Waals surface area contributed by atoms with Gasteiger partial charge in [-0.05, 0) is 55.0 Å². The van der Waals surface area contributed by atoms with Crippen LogP contribution in [0.1, 0.15) is 29.3 Å². The summed E-state index contributed by atoms with van der Waals surface area (Å²) in [4.78, 5) is 12.0. The van der Waals surface area contributed by atoms with Gasteiger partial charge in [0.05, 0.1) is 12.2 Å². The highest BCUT2D eigenvalue weighted by atomic mass is 16.5. The molecule has 0 aliphatic carbocycles. The maximum atomic E-state index is 12.0. The van der Waals surface area contributed by atoms with Crippen LogP contribution in [-0.4, -0.2) is 12.6 Å². The zero-order chi connectivity index (χ0) is 15.1. The van der Waals surface area contributed by atoms with Gasteiger partial charge in [0.2, 0.25) is 0 Å². The average molecular weight is 280 g/mol. The van der Waals surface area contributed by atoms with Crippen LogP contribution in [0.5, 0.6) is 11.5 Å². The fourth-order valence-corrected chi connectivity index (χ4v) is 1.69. The summed E-state index contributed by atoms with van der Waals surface area (Å²) in [5, 5.41) is 0. The van der Waals surface area contributed by atoms with Gasteiger partial charge >= 0.3 is 5.97 Å². The Balaban J connectivity index is 2.00. The Morgan fingerprint density at radius 1 is 1.05 bits per heavy atom. The third-order valence-electron chi connectivity index (χ3n) is 2.79. The van der Waals surface area contributed by atoms with Crippen molar-refractivity contribution in [3.8, 4) is 23.8 Å². The maximum Gasteiger partial charge on any atom is 0.343 e. The van der Waals surface area contributed by atoms with E-state index in [9.17, 15) is 4.79 Å². The van der Waals surface area contributed by atoms with Crippen molar-refractivity contribution >= 4 is 5.97 Å². The molecule has 3 nitrogen and oxygen atoms in total. The molecule has 3 heteroatoms. The average Bonchev–Trinajstić information content (AvgIpc) is 2.54. The molecule has 0 fully saturated rings. The number of esters is 1. The van der Waals surface area contributed by atoms with Crippen molar-refractivity contribution in [2.24, 2.45) is 0 Å². The lowest BCUT2D eigenvalue weighted by atomic mass is 10.2. The molecule has 0 spiro atoms. The second-order valence-corrected chi connectivity index (χ2v) is 4.43. The van der Waals surface area contributed by atoms with Crippen molar-refractivity contribution in [3.05, 3.63) is 59.7 Å². The number of benzene rings is 2. The van der Waals surface area contributed by atoms with Gasteiger partial charge in [0.15, 0.2) is 0 Å². The highest BCUT2D eigenvalue weighted by molar-refractivity contribution is 5.91. The number of rotatable bonds is 5. The molecule has 0 saturated carbocycles. The van der Waals surface area contributed by atoms with E-state index in [1.54, 1.807) is 48.5 Å². The second kappa shape index (κ2) is 7.16. The Hall–Kier alpha value is -2.73. The molecule has 0 aromatic heterocycles. The van der Waals surface area contributed by atoms with E-state index in [1.165, 1.54) is 0 Å². The van der Waals surface area contributed by atoms with Gasteiger partial charge in [-0.2, -0.15) is 0 Å². The van der Waals surface area contributed by atoms with Crippen LogP contribution in [0.3, 0.4) is 0 Å². The molecule has 2 rings (SSSR count). The minimum Gasteiger partial charge on any atom is -0.494 e. The molecule has 0 saturated heterocycles. The van der Waals surface area contributed by atoms with Crippen LogP contribution in [0.25, 0.3) is 0 Å². The van der Waals surface area contributed by atoms with Crippen molar-refractivity contribution in [2.45, 2.75) is 13.3 Å². The quantitative estimate of drug-likeness (QED) is 0.476. The van der Waals surface area contributed by atoms with Crippen LogP contribution in [0.2, 0.25) is 0 Å². The lowest BCUT2D eigenvalue weighted by Crippen LogP contribution is -2.08. The van der Waals surface area contributed by atoms with Gasteiger partial charge in [-0.15, -0.1) is 6.42 Å². The first-order valence-corrected chi connectivity index (χ1v) is 6.74. The molecule has 0 bridgehead atoms. The molecule has 0 radical (unpaired) electrons. The van der Waals surface area contributed by atoms with E-state index >= 15 is 0 Å². The van der Waals surface area contributed by atoms with Gasteiger partial charge in [-0.1, -0.05) is 12.8 Å². The van der Waals surface area contributed by atoms with Crippen LogP contribution in [0.4, 0.5) is 0 Å². The number of carbonyl (C=O) groups is 1. The highest BCUT2D eigenvalue weighted by Crippen LogP contribution is 2.16. The van der Waals surface area contributed by atoms with Crippen molar-refractivity contribution in [1.29, 1.82) is 0 Å². The molecule has 0 atom stereocenters. The Morgan fingerprint density at radius 2 is 1.67 bits per heavy atom. The van der Waals surface area contributed by atoms with Crippen LogP contribution < -0.4 is 9.47 Å². The SMILES string of the molecule is C#Cc1ccc(OC(=O)c2ccc(OCCC)cc2)cc1. The zero-order valence-corrected chi connectivity index (χ0v) is 11.8. The smallest absolute Gasteiger partial charge is 0.343 e. The van der Waals surface area contributed by atoms with E-state index in [-0.39, 0.29) is 0 Å². The van der Waals surface area contributed by atoms with E-state index in [0.29, 0.717) is 17.9 Å². The fraction of sp³-hybridized carbons (Fsp3) is 0.167. The van der Waals surface area contributed by atoms with Crippen molar-refractivity contribution in [3.63, 3.8) is 0 Å². The Kier molecular flexibility index (Phi) is 5.00. The normalized spacial score (nSPS) is 9.71. The zero-order valence-electron chi connectivity index (χ0n) is 11.8. The number of hydrogen-bond acceptors (Lipinski definition) is 3. The van der Waals surface area contributed by atoms with Crippen molar-refractivity contribution in [2.75, 3.05) is 6.61 Å². The summed E-state index contributed by atoms with van der Waals surface area (Å²) in [6, 6.07) is 13.7. The molecule has 0 aliphatic rings. The molecule has 0 N–H and O–H groups in total. The largest absolute Gasteiger partial charge is 0.494 e. The third kappa shape index (κ3) is 4.12. The van der Waals surface area contributed by atoms with Crippen LogP contribution in [0, 0.1) is 12.3 Å². The third-order valence-corrected chi connectivity index (χ3v) is 2.79. The predicted octanol–water partition coefficient (Wildman–Crippen LogP) is 3.68. The minimum absolute atomic E-state index is 0.412. The Morgan fingerprint density at radius 3 is 2.24 bits per heavy atom. The first-order chi connectivity index (χ1) is 10.2. The van der Waals surface area contributed by atoms with E-state index < -0.39 is 5.97 Å². The molecule has 2 aromatic carbocycles. The summed E-state index contributed by atoms with van der Waals surface area (Å²) < 4.78 is 10.7. The molecule has 0 aliphatic heterocycles. The van der Waals surface area contributed by atoms with Crippen LogP contribution >= 0.6 is 0 Å². The van der Waals surface area contributed by atoms with Crippen molar-refractivity contribution in [1.82, 2.24) is 0 Å². The summed E-state index contributed by atoms with van der Waals surface area (Å²) in [6.45, 7) is 2.70. The Labute approximate surface area is 124 Å². The van der Waals surface area contributed by atoms with Gasteiger partial charge in [0.1, 0.15) is 11.5 Å². The molecule has 21 heavy (non-hydrogen) atoms. The Bertz CT molecular complexity index is 634. The van der Waals surface area contributed by atoms with Gasteiger partial charge in [0, 0.05) is 5.56 Å². The summed E-state index contributed by atoms with van der Waals surface area (Å²) in [5.74, 6) is 3.30. The molecular formula is C18H16O3. The monoisotopic (exact) mass is 280 g/mol. The molecule has 0 amide bonds. The van der Waals surface area contributed by atoms with Gasteiger partial charge in [0.25, 0.3) is 0 Å². The number of ether oxygens (including phenoxy) is 2. The highest BCUT2D eigenvalue weighted by Gasteiger charge is 2.08. The van der Waals surface area contributed by atoms with Gasteiger partial charge < -0.3 is 9.47 Å². The van der Waals surface area contributed by atoms with E-state index in [4.69, 9.17) is 15.9 Å². The number of carbonyl (C=O) groups excluding carboxylic acids is 1. The first kappa shape index (κ1) is 14.7. The summed E-state index contributed by atoms with van der Waals surface area (Å²) in [5.41, 5.74) is 1.21.